The third-order valence-electron chi connectivity index (χ3n) is 3.80. The molecule has 1 saturated carbocycles. The molecule has 1 aromatic heterocycles. The molecule has 3 rings (SSSR count). The van der Waals surface area contributed by atoms with Crippen molar-refractivity contribution >= 4 is 22.3 Å². The topological polar surface area (TPSA) is 42.1 Å². The summed E-state index contributed by atoms with van der Waals surface area (Å²) in [7, 11) is 0. The highest BCUT2D eigenvalue weighted by Crippen LogP contribution is 2.37. The summed E-state index contributed by atoms with van der Waals surface area (Å²) < 4.78 is 0. The van der Waals surface area contributed by atoms with Gasteiger partial charge in [0.15, 0.2) is 0 Å². The van der Waals surface area contributed by atoms with Crippen LogP contribution in [0, 0.1) is 12.8 Å². The molecule has 3 nitrogen and oxygen atoms in total. The molecule has 0 radical (unpaired) electrons. The summed E-state index contributed by atoms with van der Waals surface area (Å²) in [5.41, 5.74) is 10.2. The summed E-state index contributed by atoms with van der Waals surface area (Å²) in [6, 6.07) is 8.93. The van der Waals surface area contributed by atoms with Crippen LogP contribution in [0.5, 0.6) is 0 Å². The Morgan fingerprint density at radius 3 is 2.70 bits per heavy atom. The summed E-state index contributed by atoms with van der Waals surface area (Å²) in [6.45, 7) is 7.72. The molecule has 0 amide bonds. The van der Waals surface area contributed by atoms with Gasteiger partial charge >= 0.3 is 0 Å². The third-order valence-corrected chi connectivity index (χ3v) is 3.80. The van der Waals surface area contributed by atoms with E-state index in [1.165, 1.54) is 23.9 Å². The number of aryl methyl sites for hydroxylation is 1. The van der Waals surface area contributed by atoms with E-state index in [1.807, 2.05) is 12.1 Å². The zero-order chi connectivity index (χ0) is 14.3. The molecule has 2 N–H and O–H groups in total. The maximum Gasteiger partial charge on any atom is 0.0727 e. The van der Waals surface area contributed by atoms with Crippen molar-refractivity contribution in [2.45, 2.75) is 39.7 Å². The lowest BCUT2D eigenvalue weighted by molar-refractivity contribution is 0.608. The van der Waals surface area contributed by atoms with E-state index >= 15 is 0 Å². The lowest BCUT2D eigenvalue weighted by Crippen LogP contribution is -2.30. The average Bonchev–Trinajstić information content (AvgIpc) is 3.20. The molecule has 2 aromatic rings. The minimum absolute atomic E-state index is 0.653. The highest BCUT2D eigenvalue weighted by atomic mass is 15.2. The fraction of sp³-hybridized carbons (Fsp3) is 0.471. The van der Waals surface area contributed by atoms with E-state index < -0.39 is 0 Å². The van der Waals surface area contributed by atoms with Crippen molar-refractivity contribution in [1.29, 1.82) is 0 Å². The Morgan fingerprint density at radius 1 is 1.30 bits per heavy atom. The molecular weight excluding hydrogens is 246 g/mol. The fourth-order valence-electron chi connectivity index (χ4n) is 2.82. The number of benzene rings is 1. The Labute approximate surface area is 120 Å². The second-order valence-electron chi connectivity index (χ2n) is 6.34. The smallest absolute Gasteiger partial charge is 0.0727 e. The first-order valence-corrected chi connectivity index (χ1v) is 7.48. The highest BCUT2D eigenvalue weighted by Gasteiger charge is 2.30. The predicted molar refractivity (Wildman–Crippen MR) is 86.1 cm³/mol. The van der Waals surface area contributed by atoms with E-state index in [0.717, 1.165) is 23.4 Å². The zero-order valence-electron chi connectivity index (χ0n) is 12.6. The molecular formula is C17H23N3. The number of nitrogens with zero attached hydrogens (tertiary/aromatic N) is 2. The third kappa shape index (κ3) is 2.58. The van der Waals surface area contributed by atoms with E-state index in [-0.39, 0.29) is 0 Å². The number of hydrogen-bond acceptors (Lipinski definition) is 3. The molecule has 1 aliphatic rings. The van der Waals surface area contributed by atoms with Crippen molar-refractivity contribution in [3.05, 3.63) is 30.0 Å². The normalized spacial score (nSPS) is 15.0. The molecule has 0 unspecified atom stereocenters. The lowest BCUT2D eigenvalue weighted by Gasteiger charge is -2.28. The van der Waals surface area contributed by atoms with Gasteiger partial charge in [0.05, 0.1) is 5.52 Å². The number of anilines is 2. The number of rotatable bonds is 4. The highest BCUT2D eigenvalue weighted by molar-refractivity contribution is 5.94. The van der Waals surface area contributed by atoms with Gasteiger partial charge in [-0.2, -0.15) is 0 Å². The SMILES string of the molecule is Cc1cc(N(CC(C)C)C2CC2)c2cc(N)ccc2n1. The van der Waals surface area contributed by atoms with Crippen LogP contribution >= 0.6 is 0 Å². The monoisotopic (exact) mass is 269 g/mol. The van der Waals surface area contributed by atoms with Gasteiger partial charge in [0.1, 0.15) is 0 Å². The average molecular weight is 269 g/mol. The second-order valence-corrected chi connectivity index (χ2v) is 6.34. The van der Waals surface area contributed by atoms with Crippen LogP contribution in [-0.2, 0) is 0 Å². The Hall–Kier alpha value is -1.77. The van der Waals surface area contributed by atoms with Crippen LogP contribution in [0.2, 0.25) is 0 Å². The van der Waals surface area contributed by atoms with Crippen molar-refractivity contribution in [3.63, 3.8) is 0 Å². The number of nitrogens with two attached hydrogens (primary N) is 1. The standard InChI is InChI=1S/C17H23N3/c1-11(2)10-20(14-5-6-14)17-8-12(3)19-16-7-4-13(18)9-15(16)17/h4,7-9,11,14H,5-6,10,18H2,1-3H3. The molecule has 0 atom stereocenters. The Bertz CT molecular complexity index is 629. The molecule has 1 aromatic carbocycles. The molecule has 0 bridgehead atoms. The summed E-state index contributed by atoms with van der Waals surface area (Å²) in [5.74, 6) is 0.653. The van der Waals surface area contributed by atoms with Gasteiger partial charge in [-0.15, -0.1) is 0 Å². The van der Waals surface area contributed by atoms with Gasteiger partial charge in [0.25, 0.3) is 0 Å². The molecule has 1 heterocycles. The van der Waals surface area contributed by atoms with Gasteiger partial charge in [0.2, 0.25) is 0 Å². The first kappa shape index (κ1) is 13.2. The van der Waals surface area contributed by atoms with Gasteiger partial charge in [-0.05, 0) is 49.9 Å². The van der Waals surface area contributed by atoms with E-state index in [4.69, 9.17) is 5.73 Å². The zero-order valence-corrected chi connectivity index (χ0v) is 12.6. The van der Waals surface area contributed by atoms with Gasteiger partial charge in [0, 0.05) is 35.0 Å². The van der Waals surface area contributed by atoms with Crippen molar-refractivity contribution in [2.24, 2.45) is 5.92 Å². The summed E-state index contributed by atoms with van der Waals surface area (Å²) in [4.78, 5) is 7.19. The summed E-state index contributed by atoms with van der Waals surface area (Å²) in [6.07, 6.45) is 2.61. The minimum Gasteiger partial charge on any atom is -0.399 e. The molecule has 1 fully saturated rings. The molecule has 1 aliphatic carbocycles. The Morgan fingerprint density at radius 2 is 2.05 bits per heavy atom. The van der Waals surface area contributed by atoms with Crippen LogP contribution < -0.4 is 10.6 Å². The quantitative estimate of drug-likeness (QED) is 0.859. The van der Waals surface area contributed by atoms with Crippen LogP contribution in [0.25, 0.3) is 10.9 Å². The molecule has 3 heteroatoms. The molecule has 0 saturated heterocycles. The number of aromatic nitrogens is 1. The van der Waals surface area contributed by atoms with Crippen molar-refractivity contribution in [1.82, 2.24) is 4.98 Å². The number of pyridine rings is 1. The Balaban J connectivity index is 2.14. The maximum absolute atomic E-state index is 5.98. The number of hydrogen-bond donors (Lipinski definition) is 1. The molecule has 20 heavy (non-hydrogen) atoms. The molecule has 0 aliphatic heterocycles. The minimum atomic E-state index is 0.653. The van der Waals surface area contributed by atoms with Crippen molar-refractivity contribution in [2.75, 3.05) is 17.2 Å². The van der Waals surface area contributed by atoms with E-state index in [1.54, 1.807) is 0 Å². The molecule has 0 spiro atoms. The van der Waals surface area contributed by atoms with E-state index in [9.17, 15) is 0 Å². The first-order valence-electron chi connectivity index (χ1n) is 7.48. The van der Waals surface area contributed by atoms with Crippen LogP contribution in [-0.4, -0.2) is 17.6 Å². The van der Waals surface area contributed by atoms with Gasteiger partial charge in [-0.1, -0.05) is 13.8 Å². The van der Waals surface area contributed by atoms with Crippen molar-refractivity contribution in [3.8, 4) is 0 Å². The number of fused-ring (bicyclic) bond motifs is 1. The van der Waals surface area contributed by atoms with Gasteiger partial charge in [-0.3, -0.25) is 4.98 Å². The van der Waals surface area contributed by atoms with E-state index in [2.05, 4.69) is 42.8 Å². The Kier molecular flexibility index (Phi) is 3.28. The fourth-order valence-corrected chi connectivity index (χ4v) is 2.82. The maximum atomic E-state index is 5.98. The van der Waals surface area contributed by atoms with Crippen LogP contribution in [0.1, 0.15) is 32.4 Å². The first-order chi connectivity index (χ1) is 9.54. The van der Waals surface area contributed by atoms with Crippen LogP contribution in [0.4, 0.5) is 11.4 Å². The van der Waals surface area contributed by atoms with Gasteiger partial charge < -0.3 is 10.6 Å². The summed E-state index contributed by atoms with van der Waals surface area (Å²) >= 11 is 0. The largest absolute Gasteiger partial charge is 0.399 e. The van der Waals surface area contributed by atoms with E-state index in [0.29, 0.717) is 12.0 Å². The lowest BCUT2D eigenvalue weighted by atomic mass is 10.1. The van der Waals surface area contributed by atoms with Crippen LogP contribution in [0.3, 0.4) is 0 Å². The van der Waals surface area contributed by atoms with Crippen LogP contribution in [0.15, 0.2) is 24.3 Å². The van der Waals surface area contributed by atoms with Crippen molar-refractivity contribution < 1.29 is 0 Å². The predicted octanol–water partition coefficient (Wildman–Crippen LogP) is 3.75. The second kappa shape index (κ2) is 4.97. The number of nitrogen functional groups attached to an aromatic ring is 1. The summed E-state index contributed by atoms with van der Waals surface area (Å²) in [5, 5.41) is 1.18. The van der Waals surface area contributed by atoms with Gasteiger partial charge in [-0.25, -0.2) is 0 Å². The molecule has 106 valence electrons.